The number of ether oxygens (including phenoxy) is 1. The van der Waals surface area contributed by atoms with Gasteiger partial charge in [-0.1, -0.05) is 0 Å². The molecule has 3 heteroatoms. The molecule has 1 saturated carbocycles. The van der Waals surface area contributed by atoms with E-state index in [1.807, 2.05) is 0 Å². The molecular weight excluding hydrogens is 176 g/mol. The van der Waals surface area contributed by atoms with Crippen LogP contribution in [0.3, 0.4) is 0 Å². The molecule has 1 heterocycles. The number of rotatable bonds is 5. The zero-order valence-electron chi connectivity index (χ0n) is 9.09. The van der Waals surface area contributed by atoms with Crippen molar-refractivity contribution in [2.75, 3.05) is 19.7 Å². The molecule has 0 aromatic heterocycles. The fourth-order valence-corrected chi connectivity index (χ4v) is 2.26. The van der Waals surface area contributed by atoms with Gasteiger partial charge in [-0.2, -0.15) is 0 Å². The molecule has 2 rings (SSSR count). The van der Waals surface area contributed by atoms with Gasteiger partial charge >= 0.3 is 0 Å². The van der Waals surface area contributed by atoms with Crippen LogP contribution in [0.25, 0.3) is 0 Å². The Morgan fingerprint density at radius 3 is 2.86 bits per heavy atom. The van der Waals surface area contributed by atoms with Crippen molar-refractivity contribution in [1.82, 2.24) is 5.32 Å². The monoisotopic (exact) mass is 198 g/mol. The standard InChI is InChI=1S/C11H22N2O/c1-11(5-2-6-14-11)8-13-10(7-12)9-3-4-9/h9-10,13H,2-8,12H2,1H3. The third-order valence-corrected chi connectivity index (χ3v) is 3.48. The molecule has 3 N–H and O–H groups in total. The van der Waals surface area contributed by atoms with Crippen LogP contribution < -0.4 is 11.1 Å². The van der Waals surface area contributed by atoms with Gasteiger partial charge in [0.1, 0.15) is 0 Å². The molecule has 0 amide bonds. The van der Waals surface area contributed by atoms with E-state index in [1.165, 1.54) is 25.7 Å². The maximum atomic E-state index is 5.74. The average Bonchev–Trinajstić information content (AvgIpc) is 2.91. The fourth-order valence-electron chi connectivity index (χ4n) is 2.26. The minimum atomic E-state index is 0.0717. The molecule has 0 radical (unpaired) electrons. The van der Waals surface area contributed by atoms with Crippen molar-refractivity contribution in [3.05, 3.63) is 0 Å². The molecular formula is C11H22N2O. The predicted molar refractivity (Wildman–Crippen MR) is 57.2 cm³/mol. The Balaban J connectivity index is 1.74. The summed E-state index contributed by atoms with van der Waals surface area (Å²) in [6.45, 7) is 4.86. The topological polar surface area (TPSA) is 47.3 Å². The molecule has 1 aliphatic carbocycles. The number of nitrogens with one attached hydrogen (secondary N) is 1. The Labute approximate surface area is 86.4 Å². The summed E-state index contributed by atoms with van der Waals surface area (Å²) >= 11 is 0. The Morgan fingerprint density at radius 2 is 2.36 bits per heavy atom. The van der Waals surface area contributed by atoms with E-state index in [4.69, 9.17) is 10.5 Å². The van der Waals surface area contributed by atoms with Gasteiger partial charge in [-0.15, -0.1) is 0 Å². The summed E-state index contributed by atoms with van der Waals surface area (Å²) in [4.78, 5) is 0. The number of hydrogen-bond donors (Lipinski definition) is 2. The van der Waals surface area contributed by atoms with Gasteiger partial charge in [0.05, 0.1) is 5.60 Å². The average molecular weight is 198 g/mol. The fraction of sp³-hybridized carbons (Fsp3) is 1.00. The van der Waals surface area contributed by atoms with E-state index in [9.17, 15) is 0 Å². The third kappa shape index (κ3) is 2.47. The largest absolute Gasteiger partial charge is 0.374 e. The molecule has 0 aromatic carbocycles. The molecule has 0 spiro atoms. The van der Waals surface area contributed by atoms with E-state index in [2.05, 4.69) is 12.2 Å². The van der Waals surface area contributed by atoms with Crippen LogP contribution in [0, 0.1) is 5.92 Å². The van der Waals surface area contributed by atoms with Gasteiger partial charge in [0.15, 0.2) is 0 Å². The summed E-state index contributed by atoms with van der Waals surface area (Å²) in [5.74, 6) is 0.838. The van der Waals surface area contributed by atoms with Crippen LogP contribution in [0.4, 0.5) is 0 Å². The highest BCUT2D eigenvalue weighted by Crippen LogP contribution is 2.33. The van der Waals surface area contributed by atoms with Crippen molar-refractivity contribution in [3.8, 4) is 0 Å². The Bertz CT molecular complexity index is 186. The first kappa shape index (κ1) is 10.4. The van der Waals surface area contributed by atoms with Crippen molar-refractivity contribution in [3.63, 3.8) is 0 Å². The SMILES string of the molecule is CC1(CNC(CN)C2CC2)CCCO1. The molecule has 0 bridgehead atoms. The molecule has 1 aliphatic heterocycles. The lowest BCUT2D eigenvalue weighted by Gasteiger charge is -2.26. The van der Waals surface area contributed by atoms with E-state index in [1.54, 1.807) is 0 Å². The van der Waals surface area contributed by atoms with Gasteiger partial charge in [0.2, 0.25) is 0 Å². The highest BCUT2D eigenvalue weighted by Gasteiger charge is 2.34. The van der Waals surface area contributed by atoms with Crippen LogP contribution in [0.2, 0.25) is 0 Å². The smallest absolute Gasteiger partial charge is 0.0779 e. The van der Waals surface area contributed by atoms with Gasteiger partial charge in [-0.25, -0.2) is 0 Å². The van der Waals surface area contributed by atoms with Crippen LogP contribution in [-0.4, -0.2) is 31.3 Å². The van der Waals surface area contributed by atoms with Crippen molar-refractivity contribution in [2.24, 2.45) is 11.7 Å². The maximum Gasteiger partial charge on any atom is 0.0779 e. The number of hydrogen-bond acceptors (Lipinski definition) is 3. The molecule has 82 valence electrons. The third-order valence-electron chi connectivity index (χ3n) is 3.48. The zero-order chi connectivity index (χ0) is 10.0. The predicted octanol–water partition coefficient (Wildman–Crippen LogP) is 0.882. The highest BCUT2D eigenvalue weighted by atomic mass is 16.5. The van der Waals surface area contributed by atoms with Crippen LogP contribution in [-0.2, 0) is 4.74 Å². The maximum absolute atomic E-state index is 5.74. The summed E-state index contributed by atoms with van der Waals surface area (Å²) in [6, 6.07) is 0.524. The Kier molecular flexibility index (Phi) is 3.10. The van der Waals surface area contributed by atoms with Crippen LogP contribution in [0.1, 0.15) is 32.6 Å². The van der Waals surface area contributed by atoms with E-state index < -0.39 is 0 Å². The first-order valence-corrected chi connectivity index (χ1v) is 5.81. The van der Waals surface area contributed by atoms with Crippen molar-refractivity contribution >= 4 is 0 Å². The van der Waals surface area contributed by atoms with E-state index in [0.29, 0.717) is 6.04 Å². The van der Waals surface area contributed by atoms with E-state index >= 15 is 0 Å². The molecule has 1 saturated heterocycles. The highest BCUT2D eigenvalue weighted by molar-refractivity contribution is 4.90. The molecule has 0 aromatic rings. The lowest BCUT2D eigenvalue weighted by molar-refractivity contribution is 0.0184. The van der Waals surface area contributed by atoms with Crippen molar-refractivity contribution < 1.29 is 4.74 Å². The molecule has 2 aliphatic rings. The molecule has 3 nitrogen and oxygen atoms in total. The van der Waals surface area contributed by atoms with E-state index in [0.717, 1.165) is 25.6 Å². The van der Waals surface area contributed by atoms with Gasteiger partial charge in [-0.05, 0) is 38.5 Å². The minimum absolute atomic E-state index is 0.0717. The van der Waals surface area contributed by atoms with Crippen molar-refractivity contribution in [2.45, 2.75) is 44.2 Å². The van der Waals surface area contributed by atoms with Gasteiger partial charge in [0, 0.05) is 25.7 Å². The lowest BCUT2D eigenvalue weighted by Crippen LogP contribution is -2.46. The summed E-state index contributed by atoms with van der Waals surface area (Å²) in [7, 11) is 0. The second-order valence-electron chi connectivity index (χ2n) is 4.96. The Morgan fingerprint density at radius 1 is 1.57 bits per heavy atom. The summed E-state index contributed by atoms with van der Waals surface area (Å²) in [5.41, 5.74) is 5.81. The van der Waals surface area contributed by atoms with Crippen LogP contribution in [0.15, 0.2) is 0 Å². The Hall–Kier alpha value is -0.120. The molecule has 2 atom stereocenters. The summed E-state index contributed by atoms with van der Waals surface area (Å²) < 4.78 is 5.73. The second-order valence-corrected chi connectivity index (χ2v) is 4.96. The van der Waals surface area contributed by atoms with Gasteiger partial charge < -0.3 is 15.8 Å². The van der Waals surface area contributed by atoms with Crippen molar-refractivity contribution in [1.29, 1.82) is 0 Å². The first-order valence-electron chi connectivity index (χ1n) is 5.81. The minimum Gasteiger partial charge on any atom is -0.374 e. The second kappa shape index (κ2) is 4.17. The normalized spacial score (nSPS) is 34.7. The molecule has 2 unspecified atom stereocenters. The molecule has 2 fully saturated rings. The van der Waals surface area contributed by atoms with Crippen LogP contribution >= 0.6 is 0 Å². The summed E-state index contributed by atoms with van der Waals surface area (Å²) in [5, 5.41) is 3.56. The first-order chi connectivity index (χ1) is 6.73. The van der Waals surface area contributed by atoms with E-state index in [-0.39, 0.29) is 5.60 Å². The lowest BCUT2D eigenvalue weighted by atomic mass is 10.0. The number of nitrogens with two attached hydrogens (primary N) is 1. The quantitative estimate of drug-likeness (QED) is 0.689. The van der Waals surface area contributed by atoms with Gasteiger partial charge in [0.25, 0.3) is 0 Å². The molecule has 14 heavy (non-hydrogen) atoms. The van der Waals surface area contributed by atoms with Gasteiger partial charge in [-0.3, -0.25) is 0 Å². The summed E-state index contributed by atoms with van der Waals surface area (Å²) in [6.07, 6.45) is 5.09. The zero-order valence-corrected chi connectivity index (χ0v) is 9.09. The van der Waals surface area contributed by atoms with Crippen LogP contribution in [0.5, 0.6) is 0 Å².